The molecule has 45 heavy (non-hydrogen) atoms. The maximum atomic E-state index is 13.4. The molecule has 0 fully saturated rings. The van der Waals surface area contributed by atoms with Gasteiger partial charge in [0, 0.05) is 16.0 Å². The van der Waals surface area contributed by atoms with Crippen LogP contribution in [0.15, 0.2) is 36.4 Å². The van der Waals surface area contributed by atoms with Gasteiger partial charge in [0.2, 0.25) is 0 Å². The number of aliphatic hydroxyl groups is 6. The van der Waals surface area contributed by atoms with E-state index in [4.69, 9.17) is 15.3 Å². The highest BCUT2D eigenvalue weighted by atomic mass is 79.9. The van der Waals surface area contributed by atoms with E-state index in [1.165, 1.54) is 0 Å². The minimum atomic E-state index is -1.34. The van der Waals surface area contributed by atoms with E-state index in [0.29, 0.717) is 50.1 Å². The van der Waals surface area contributed by atoms with Crippen molar-refractivity contribution < 1.29 is 43.8 Å². The monoisotopic (exact) mass is 828 g/mol. The molecule has 0 heterocycles. The number of hydrogen-bond donors (Lipinski definition) is 6. The molecule has 3 aromatic carbocycles. The van der Waals surface area contributed by atoms with Crippen LogP contribution in [0.1, 0.15) is 50.1 Å². The Labute approximate surface area is 288 Å². The van der Waals surface area contributed by atoms with Crippen LogP contribution in [-0.4, -0.2) is 66.5 Å². The lowest BCUT2D eigenvalue weighted by Gasteiger charge is -2.24. The number of rotatable bonds is 9. The van der Waals surface area contributed by atoms with Crippen LogP contribution in [-0.2, 0) is 16.8 Å². The third-order valence-corrected chi connectivity index (χ3v) is 10.2. The van der Waals surface area contributed by atoms with Crippen molar-refractivity contribution in [1.82, 2.24) is 0 Å². The third kappa shape index (κ3) is 10.3. The van der Waals surface area contributed by atoms with Crippen LogP contribution >= 0.6 is 47.8 Å². The zero-order chi connectivity index (χ0) is 34.9. The van der Waals surface area contributed by atoms with Gasteiger partial charge in [0.1, 0.15) is 34.3 Å². The molecule has 0 aliphatic rings. The highest BCUT2D eigenvalue weighted by molar-refractivity contribution is 9.09. The molecule has 0 radical (unpaired) electrons. The zero-order valence-electron chi connectivity index (χ0n) is 26.2. The fourth-order valence-corrected chi connectivity index (χ4v) is 5.78. The van der Waals surface area contributed by atoms with Gasteiger partial charge in [-0.05, 0) is 91.6 Å². The Morgan fingerprint density at radius 1 is 0.444 bits per heavy atom. The Morgan fingerprint density at radius 2 is 0.600 bits per heavy atom. The fraction of sp³-hybridized carbons (Fsp3) is 0.455. The van der Waals surface area contributed by atoms with Crippen LogP contribution in [0.4, 0.5) is 13.2 Å². The van der Waals surface area contributed by atoms with Crippen LogP contribution in [0.25, 0.3) is 0 Å². The molecule has 3 aromatic rings. The summed E-state index contributed by atoms with van der Waals surface area (Å²) in [5, 5.41) is 58.0. The van der Waals surface area contributed by atoms with Crippen molar-refractivity contribution in [1.29, 1.82) is 0 Å². The minimum absolute atomic E-state index is 0.209. The van der Waals surface area contributed by atoms with Gasteiger partial charge in [-0.15, -0.1) is 0 Å². The first-order valence-corrected chi connectivity index (χ1v) is 17.2. The summed E-state index contributed by atoms with van der Waals surface area (Å²) in [5.74, 6) is -0.809. The molecule has 0 unspecified atom stereocenters. The first-order chi connectivity index (χ1) is 20.8. The lowest BCUT2D eigenvalue weighted by molar-refractivity contribution is 0.00297. The third-order valence-electron chi connectivity index (χ3n) is 7.37. The number of aryl methyl sites for hydroxylation is 6. The second-order valence-electron chi connectivity index (χ2n) is 11.2. The Balaban J connectivity index is 0.000000337. The number of alkyl halides is 3. The molecule has 3 rings (SSSR count). The molecule has 6 N–H and O–H groups in total. The van der Waals surface area contributed by atoms with Crippen molar-refractivity contribution in [3.05, 3.63) is 104 Å². The van der Waals surface area contributed by atoms with E-state index < -0.39 is 36.6 Å². The molecular weight excluding hydrogens is 789 g/mol. The maximum absolute atomic E-state index is 13.4. The second kappa shape index (κ2) is 17.7. The highest BCUT2D eigenvalue weighted by Crippen LogP contribution is 2.29. The van der Waals surface area contributed by atoms with Gasteiger partial charge in [-0.1, -0.05) is 84.2 Å². The van der Waals surface area contributed by atoms with Gasteiger partial charge in [-0.2, -0.15) is 0 Å². The van der Waals surface area contributed by atoms with Crippen molar-refractivity contribution >= 4 is 47.8 Å². The number of aliphatic hydroxyl groups excluding tert-OH is 3. The average Bonchev–Trinajstić information content (AvgIpc) is 3.03. The van der Waals surface area contributed by atoms with Crippen molar-refractivity contribution in [3.63, 3.8) is 0 Å². The molecule has 0 aliphatic carbocycles. The number of benzene rings is 3. The van der Waals surface area contributed by atoms with E-state index in [0.717, 1.165) is 0 Å². The Morgan fingerprint density at radius 3 is 0.711 bits per heavy atom. The molecule has 0 amide bonds. The molecule has 0 aromatic heterocycles. The molecule has 0 saturated heterocycles. The van der Waals surface area contributed by atoms with Gasteiger partial charge in [-0.25, -0.2) is 13.2 Å². The van der Waals surface area contributed by atoms with Gasteiger partial charge >= 0.3 is 0 Å². The van der Waals surface area contributed by atoms with Crippen LogP contribution in [0.5, 0.6) is 0 Å². The highest BCUT2D eigenvalue weighted by Gasteiger charge is 2.30. The number of halogens is 6. The standard InChI is InChI=1S/3C11H14BrFO2/c3*1-7-3-9(4-8(2)10(7)13)11(15,5-12)6-14/h3*3-4,14-15H,5-6H2,1-2H3/t3*11-/m000/s1. The summed E-state index contributed by atoms with van der Waals surface area (Å²) < 4.78 is 40.1. The van der Waals surface area contributed by atoms with E-state index >= 15 is 0 Å². The average molecular weight is 831 g/mol. The first-order valence-electron chi connectivity index (χ1n) is 13.8. The lowest BCUT2D eigenvalue weighted by Crippen LogP contribution is -2.32. The summed E-state index contributed by atoms with van der Waals surface area (Å²) in [6.45, 7) is 8.62. The summed E-state index contributed by atoms with van der Waals surface area (Å²) >= 11 is 9.40. The normalized spacial score (nSPS) is 15.1. The number of hydrogen-bond acceptors (Lipinski definition) is 6. The summed E-state index contributed by atoms with van der Waals surface area (Å²) in [4.78, 5) is 0. The second-order valence-corrected chi connectivity index (χ2v) is 12.9. The summed E-state index contributed by atoms with van der Waals surface area (Å²) in [6, 6.07) is 9.33. The minimum Gasteiger partial charge on any atom is -0.393 e. The molecule has 3 atom stereocenters. The van der Waals surface area contributed by atoms with E-state index in [9.17, 15) is 28.5 Å². The maximum Gasteiger partial charge on any atom is 0.129 e. The van der Waals surface area contributed by atoms with Crippen LogP contribution in [0.3, 0.4) is 0 Å². The van der Waals surface area contributed by atoms with Crippen molar-refractivity contribution in [3.8, 4) is 0 Å². The molecular formula is C33H42Br3F3O6. The summed E-state index contributed by atoms with van der Waals surface area (Å²) in [7, 11) is 0. The Kier molecular flexibility index (Phi) is 16.4. The lowest BCUT2D eigenvalue weighted by atomic mass is 9.93. The Bertz CT molecular complexity index is 1190. The van der Waals surface area contributed by atoms with Gasteiger partial charge < -0.3 is 30.6 Å². The molecule has 0 saturated carbocycles. The quantitative estimate of drug-likeness (QED) is 0.146. The van der Waals surface area contributed by atoms with E-state index in [1.54, 1.807) is 77.9 Å². The first kappa shape index (κ1) is 41.7. The van der Waals surface area contributed by atoms with Crippen molar-refractivity contribution in [2.24, 2.45) is 0 Å². The predicted octanol–water partition coefficient (Wildman–Crippen LogP) is 6.05. The summed E-state index contributed by atoms with van der Waals surface area (Å²) in [6.07, 6.45) is 0. The van der Waals surface area contributed by atoms with Crippen LogP contribution in [0.2, 0.25) is 0 Å². The molecule has 252 valence electrons. The van der Waals surface area contributed by atoms with E-state index in [2.05, 4.69) is 47.8 Å². The predicted molar refractivity (Wildman–Crippen MR) is 182 cm³/mol. The molecule has 12 heteroatoms. The molecule has 6 nitrogen and oxygen atoms in total. The zero-order valence-corrected chi connectivity index (χ0v) is 30.9. The fourth-order valence-electron chi connectivity index (χ4n) is 4.28. The summed E-state index contributed by atoms with van der Waals surface area (Å²) in [5.41, 5.74) is 0.368. The van der Waals surface area contributed by atoms with Crippen molar-refractivity contribution in [2.75, 3.05) is 35.8 Å². The van der Waals surface area contributed by atoms with E-state index in [-0.39, 0.29) is 33.4 Å². The van der Waals surface area contributed by atoms with Crippen LogP contribution < -0.4 is 0 Å². The Hall–Kier alpha value is -1.35. The smallest absolute Gasteiger partial charge is 0.129 e. The van der Waals surface area contributed by atoms with E-state index in [1.807, 2.05) is 0 Å². The van der Waals surface area contributed by atoms with Crippen LogP contribution in [0, 0.1) is 59.0 Å². The van der Waals surface area contributed by atoms with Gasteiger partial charge in [0.05, 0.1) is 19.8 Å². The van der Waals surface area contributed by atoms with Gasteiger partial charge in [0.15, 0.2) is 0 Å². The molecule has 0 spiro atoms. The van der Waals surface area contributed by atoms with Gasteiger partial charge in [0.25, 0.3) is 0 Å². The molecule has 0 bridgehead atoms. The topological polar surface area (TPSA) is 121 Å². The largest absolute Gasteiger partial charge is 0.393 e. The molecule has 0 aliphatic heterocycles. The van der Waals surface area contributed by atoms with Gasteiger partial charge in [-0.3, -0.25) is 0 Å². The SMILES string of the molecule is Cc1cc([C@@](O)(CO)CBr)cc(C)c1F.Cc1cc([C@@](O)(CO)CBr)cc(C)c1F.Cc1cc([C@@](O)(CO)CBr)cc(C)c1F. The van der Waals surface area contributed by atoms with Crippen molar-refractivity contribution in [2.45, 2.75) is 58.3 Å².